The first kappa shape index (κ1) is 13.9. The van der Waals surface area contributed by atoms with Crippen LogP contribution in [0.5, 0.6) is 5.75 Å². The van der Waals surface area contributed by atoms with Crippen LogP contribution in [-0.4, -0.2) is 22.5 Å². The van der Waals surface area contributed by atoms with Crippen molar-refractivity contribution in [2.24, 2.45) is 11.7 Å². The molecule has 0 fully saturated rings. The molecule has 98 valence electrons. The van der Waals surface area contributed by atoms with Crippen molar-refractivity contribution in [3.63, 3.8) is 0 Å². The lowest BCUT2D eigenvalue weighted by molar-refractivity contribution is -0.384. The van der Waals surface area contributed by atoms with Gasteiger partial charge in [-0.1, -0.05) is 6.92 Å². The number of phenolic OH excluding ortho intramolecular Hbond substituents is 1. The number of nitrogens with one attached hydrogen (secondary N) is 1. The zero-order valence-electron chi connectivity index (χ0n) is 9.92. The van der Waals surface area contributed by atoms with Crippen LogP contribution >= 0.6 is 0 Å². The third-order valence-corrected chi connectivity index (χ3v) is 2.39. The number of carbonyl (C=O) groups is 1. The van der Waals surface area contributed by atoms with Crippen molar-refractivity contribution in [1.82, 2.24) is 0 Å². The highest BCUT2D eigenvalue weighted by Crippen LogP contribution is 2.28. The summed E-state index contributed by atoms with van der Waals surface area (Å²) >= 11 is 0. The number of aromatic hydroxyl groups is 1. The highest BCUT2D eigenvalue weighted by molar-refractivity contribution is 5.93. The van der Waals surface area contributed by atoms with Crippen LogP contribution in [0.15, 0.2) is 18.2 Å². The summed E-state index contributed by atoms with van der Waals surface area (Å²) in [6, 6.07) is 3.55. The molecule has 1 atom stereocenters. The lowest BCUT2D eigenvalue weighted by atomic mass is 10.1. The van der Waals surface area contributed by atoms with E-state index in [0.717, 1.165) is 6.07 Å². The normalized spacial score (nSPS) is 11.9. The Morgan fingerprint density at radius 1 is 1.61 bits per heavy atom. The Morgan fingerprint density at radius 3 is 2.83 bits per heavy atom. The maximum absolute atomic E-state index is 11.6. The van der Waals surface area contributed by atoms with E-state index < -0.39 is 4.92 Å². The van der Waals surface area contributed by atoms with E-state index in [1.807, 2.05) is 6.92 Å². The standard InChI is InChI=1S/C11H15N3O4/c1-7(6-12)4-11(16)13-9-3-2-8(15)5-10(9)14(17)18/h2-3,5,7,15H,4,6,12H2,1H3,(H,13,16). The minimum absolute atomic E-state index is 0.00108. The Labute approximate surface area is 104 Å². The smallest absolute Gasteiger partial charge is 0.296 e. The summed E-state index contributed by atoms with van der Waals surface area (Å²) in [4.78, 5) is 21.7. The molecule has 0 saturated heterocycles. The van der Waals surface area contributed by atoms with Crippen LogP contribution in [-0.2, 0) is 4.79 Å². The Morgan fingerprint density at radius 2 is 2.28 bits per heavy atom. The molecule has 0 radical (unpaired) electrons. The predicted octanol–water partition coefficient (Wildman–Crippen LogP) is 1.22. The summed E-state index contributed by atoms with van der Waals surface area (Å²) in [5.74, 6) is -0.571. The highest BCUT2D eigenvalue weighted by atomic mass is 16.6. The maximum atomic E-state index is 11.6. The number of rotatable bonds is 5. The van der Waals surface area contributed by atoms with Crippen LogP contribution in [0.3, 0.4) is 0 Å². The van der Waals surface area contributed by atoms with Crippen molar-refractivity contribution >= 4 is 17.3 Å². The molecule has 1 unspecified atom stereocenters. The SMILES string of the molecule is CC(CN)CC(=O)Nc1ccc(O)cc1[N+](=O)[O-]. The second-order valence-corrected chi connectivity index (χ2v) is 4.05. The molecule has 0 heterocycles. The number of phenols is 1. The monoisotopic (exact) mass is 253 g/mol. The molecule has 1 aromatic rings. The number of nitrogens with two attached hydrogens (primary N) is 1. The molecule has 1 rings (SSSR count). The lowest BCUT2D eigenvalue weighted by Gasteiger charge is -2.09. The van der Waals surface area contributed by atoms with Gasteiger partial charge in [0.1, 0.15) is 11.4 Å². The number of nitro benzene ring substituents is 1. The fourth-order valence-electron chi connectivity index (χ4n) is 1.38. The number of hydrogen-bond donors (Lipinski definition) is 3. The van der Waals surface area contributed by atoms with Gasteiger partial charge in [-0.2, -0.15) is 0 Å². The first-order chi connectivity index (χ1) is 8.43. The van der Waals surface area contributed by atoms with E-state index >= 15 is 0 Å². The second kappa shape index (κ2) is 5.97. The molecular formula is C11H15N3O4. The predicted molar refractivity (Wildman–Crippen MR) is 66.2 cm³/mol. The van der Waals surface area contributed by atoms with Gasteiger partial charge in [0.2, 0.25) is 5.91 Å². The van der Waals surface area contributed by atoms with Crippen LogP contribution in [0, 0.1) is 16.0 Å². The summed E-state index contributed by atoms with van der Waals surface area (Å²) in [7, 11) is 0. The quantitative estimate of drug-likeness (QED) is 0.414. The van der Waals surface area contributed by atoms with Gasteiger partial charge in [-0.15, -0.1) is 0 Å². The summed E-state index contributed by atoms with van der Waals surface area (Å²) in [5.41, 5.74) is 5.11. The van der Waals surface area contributed by atoms with Gasteiger partial charge in [0, 0.05) is 6.42 Å². The average Bonchev–Trinajstić information content (AvgIpc) is 2.30. The molecule has 0 saturated carbocycles. The summed E-state index contributed by atoms with van der Waals surface area (Å²) in [6.07, 6.45) is 0.189. The fourth-order valence-corrected chi connectivity index (χ4v) is 1.38. The first-order valence-corrected chi connectivity index (χ1v) is 5.41. The number of anilines is 1. The molecule has 0 aromatic heterocycles. The van der Waals surface area contributed by atoms with Crippen LogP contribution in [0.4, 0.5) is 11.4 Å². The molecule has 0 spiro atoms. The van der Waals surface area contributed by atoms with E-state index in [2.05, 4.69) is 5.32 Å². The Balaban J connectivity index is 2.84. The van der Waals surface area contributed by atoms with Gasteiger partial charge < -0.3 is 16.2 Å². The Bertz CT molecular complexity index is 462. The van der Waals surface area contributed by atoms with Gasteiger partial charge in [0.25, 0.3) is 5.69 Å². The van der Waals surface area contributed by atoms with E-state index in [0.29, 0.717) is 6.54 Å². The molecule has 1 aromatic carbocycles. The molecular weight excluding hydrogens is 238 g/mol. The molecule has 0 aliphatic carbocycles. The number of carbonyl (C=O) groups excluding carboxylic acids is 1. The molecule has 0 aliphatic heterocycles. The molecule has 7 nitrogen and oxygen atoms in total. The number of hydrogen-bond acceptors (Lipinski definition) is 5. The largest absolute Gasteiger partial charge is 0.508 e. The summed E-state index contributed by atoms with van der Waals surface area (Å²) in [6.45, 7) is 2.18. The van der Waals surface area contributed by atoms with Crippen molar-refractivity contribution in [2.45, 2.75) is 13.3 Å². The minimum atomic E-state index is -0.665. The van der Waals surface area contributed by atoms with E-state index in [4.69, 9.17) is 5.73 Å². The topological polar surface area (TPSA) is 118 Å². The first-order valence-electron chi connectivity index (χ1n) is 5.41. The van der Waals surface area contributed by atoms with Gasteiger partial charge in [0.15, 0.2) is 0 Å². The number of amides is 1. The van der Waals surface area contributed by atoms with Crippen molar-refractivity contribution in [2.75, 3.05) is 11.9 Å². The van der Waals surface area contributed by atoms with E-state index in [1.54, 1.807) is 0 Å². The molecule has 4 N–H and O–H groups in total. The second-order valence-electron chi connectivity index (χ2n) is 4.05. The maximum Gasteiger partial charge on any atom is 0.296 e. The summed E-state index contributed by atoms with van der Waals surface area (Å²) < 4.78 is 0. The zero-order valence-corrected chi connectivity index (χ0v) is 9.92. The number of nitrogens with zero attached hydrogens (tertiary/aromatic N) is 1. The van der Waals surface area contributed by atoms with Crippen LogP contribution in [0.2, 0.25) is 0 Å². The molecule has 0 bridgehead atoms. The lowest BCUT2D eigenvalue weighted by Crippen LogP contribution is -2.20. The van der Waals surface area contributed by atoms with Gasteiger partial charge in [0.05, 0.1) is 11.0 Å². The van der Waals surface area contributed by atoms with Crippen LogP contribution in [0.1, 0.15) is 13.3 Å². The Kier molecular flexibility index (Phi) is 4.61. The van der Waals surface area contributed by atoms with Crippen molar-refractivity contribution < 1.29 is 14.8 Å². The summed E-state index contributed by atoms with van der Waals surface area (Å²) in [5, 5.41) is 22.4. The number of benzene rings is 1. The minimum Gasteiger partial charge on any atom is -0.508 e. The van der Waals surface area contributed by atoms with Gasteiger partial charge in [-0.3, -0.25) is 14.9 Å². The van der Waals surface area contributed by atoms with E-state index in [9.17, 15) is 20.0 Å². The zero-order chi connectivity index (χ0) is 13.7. The molecule has 7 heteroatoms. The van der Waals surface area contributed by atoms with Gasteiger partial charge in [-0.05, 0) is 24.6 Å². The van der Waals surface area contributed by atoms with Gasteiger partial charge in [-0.25, -0.2) is 0 Å². The van der Waals surface area contributed by atoms with Crippen LogP contribution in [0.25, 0.3) is 0 Å². The van der Waals surface area contributed by atoms with Crippen molar-refractivity contribution in [3.05, 3.63) is 28.3 Å². The molecule has 18 heavy (non-hydrogen) atoms. The number of nitro groups is 1. The molecule has 1 amide bonds. The highest BCUT2D eigenvalue weighted by Gasteiger charge is 2.17. The van der Waals surface area contributed by atoms with Crippen molar-refractivity contribution in [3.8, 4) is 5.75 Å². The average molecular weight is 253 g/mol. The third kappa shape index (κ3) is 3.70. The third-order valence-electron chi connectivity index (χ3n) is 2.39. The van der Waals surface area contributed by atoms with Gasteiger partial charge >= 0.3 is 0 Å². The molecule has 0 aliphatic rings. The fraction of sp³-hybridized carbons (Fsp3) is 0.364. The van der Waals surface area contributed by atoms with Crippen molar-refractivity contribution in [1.29, 1.82) is 0 Å². The Hall–Kier alpha value is -2.15. The van der Waals surface area contributed by atoms with Crippen LogP contribution < -0.4 is 11.1 Å². The van der Waals surface area contributed by atoms with E-state index in [1.165, 1.54) is 12.1 Å². The van der Waals surface area contributed by atoms with E-state index in [-0.39, 0.29) is 35.4 Å².